The van der Waals surface area contributed by atoms with Crippen molar-refractivity contribution in [3.63, 3.8) is 0 Å². The molecule has 396 valence electrons. The number of hydrogen-bond acceptors (Lipinski definition) is 10. The molecular formula is C49H40BBrCl4F6N4O8S2. The van der Waals surface area contributed by atoms with Crippen LogP contribution in [0, 0.1) is 0 Å². The summed E-state index contributed by atoms with van der Waals surface area (Å²) in [6.07, 6.45) is -5.36. The number of para-hydroxylation sites is 2. The van der Waals surface area contributed by atoms with E-state index in [2.05, 4.69) is 25.9 Å². The minimum Gasteiger partial charge on any atom is -0.486 e. The Morgan fingerprint density at radius 1 is 0.547 bits per heavy atom. The maximum atomic E-state index is 13.3. The first-order valence-corrected chi connectivity index (χ1v) is 27.0. The number of hydrogen-bond donors (Lipinski definition) is 2. The van der Waals surface area contributed by atoms with Gasteiger partial charge in [0.2, 0.25) is 0 Å². The second kappa shape index (κ2) is 25.1. The molecule has 0 fully saturated rings. The summed E-state index contributed by atoms with van der Waals surface area (Å²) in [4.78, 5) is 7.73. The fourth-order valence-corrected chi connectivity index (χ4v) is 9.18. The van der Waals surface area contributed by atoms with E-state index in [0.29, 0.717) is 11.5 Å². The summed E-state index contributed by atoms with van der Waals surface area (Å²) in [6.45, 7) is -0.473. The van der Waals surface area contributed by atoms with Crippen molar-refractivity contribution in [2.75, 3.05) is 12.5 Å². The minimum absolute atomic E-state index is 0. The van der Waals surface area contributed by atoms with Crippen LogP contribution < -0.4 is 14.9 Å². The molecule has 2 heterocycles. The van der Waals surface area contributed by atoms with Crippen molar-refractivity contribution in [3.05, 3.63) is 193 Å². The summed E-state index contributed by atoms with van der Waals surface area (Å²) in [6, 6.07) is 34.8. The van der Waals surface area contributed by atoms with Crippen molar-refractivity contribution in [1.29, 1.82) is 0 Å². The average Bonchev–Trinajstić information content (AvgIpc) is 3.96. The number of nitrogens with zero attached hydrogens (tertiary/aromatic N) is 4. The van der Waals surface area contributed by atoms with Gasteiger partial charge in [0.15, 0.2) is 42.7 Å². The molecule has 6 aromatic carbocycles. The van der Waals surface area contributed by atoms with Gasteiger partial charge in [-0.3, -0.25) is 9.13 Å². The van der Waals surface area contributed by atoms with Gasteiger partial charge in [0.25, 0.3) is 0 Å². The second-order valence-electron chi connectivity index (χ2n) is 15.5. The Kier molecular flexibility index (Phi) is 20.2. The number of sulfone groups is 2. The van der Waals surface area contributed by atoms with Crippen LogP contribution in [0.15, 0.2) is 160 Å². The van der Waals surface area contributed by atoms with Crippen LogP contribution in [-0.4, -0.2) is 65.6 Å². The van der Waals surface area contributed by atoms with Crippen molar-refractivity contribution < 1.29 is 62.7 Å². The monoisotopic (exact) mass is 1220 g/mol. The SMILES string of the molecule is C.CS(=O)(=O)c1ccc(-c2ccc(OCc3nc(C(F)(F)F)cn3-c3c(Cl)cccc3Cl)cc2)cc1.CS(=O)(=O)c1ccc(B(O)O)cc1.FC(F)(F)c1cn(-c2c(Cl)cccc2Cl)c(COc2ccc(Br)cc2)n1. The van der Waals surface area contributed by atoms with Crippen LogP contribution in [0.25, 0.3) is 22.5 Å². The normalized spacial score (nSPS) is 11.6. The molecule has 75 heavy (non-hydrogen) atoms. The molecule has 0 spiro atoms. The molecule has 0 amide bonds. The predicted octanol–water partition coefficient (Wildman–Crippen LogP) is 12.8. The van der Waals surface area contributed by atoms with E-state index < -0.39 is 50.5 Å². The van der Waals surface area contributed by atoms with Crippen LogP contribution >= 0.6 is 62.3 Å². The van der Waals surface area contributed by atoms with Crippen LogP contribution in [-0.2, 0) is 45.2 Å². The highest BCUT2D eigenvalue weighted by molar-refractivity contribution is 9.10. The molecule has 0 saturated carbocycles. The molecular weight excluding hydrogens is 1180 g/mol. The third kappa shape index (κ3) is 16.2. The number of benzene rings is 6. The minimum atomic E-state index is -4.66. The number of ether oxygens (including phenoxy) is 2. The average molecular weight is 1220 g/mol. The first-order chi connectivity index (χ1) is 34.6. The summed E-state index contributed by atoms with van der Waals surface area (Å²) >= 11 is 28.0. The lowest BCUT2D eigenvalue weighted by Crippen LogP contribution is -2.29. The molecule has 8 aromatic rings. The van der Waals surface area contributed by atoms with Gasteiger partial charge in [0.05, 0.1) is 41.3 Å². The molecule has 0 saturated heterocycles. The molecule has 0 aliphatic heterocycles. The molecule has 0 aliphatic carbocycles. The van der Waals surface area contributed by atoms with Gasteiger partial charge in [0.1, 0.15) is 24.7 Å². The van der Waals surface area contributed by atoms with E-state index in [1.807, 2.05) is 0 Å². The summed E-state index contributed by atoms with van der Waals surface area (Å²) in [5.41, 5.74) is 0.109. The van der Waals surface area contributed by atoms with Crippen LogP contribution in [0.1, 0.15) is 30.5 Å². The van der Waals surface area contributed by atoms with Gasteiger partial charge in [-0.2, -0.15) is 26.3 Å². The fourth-order valence-electron chi connectivity index (χ4n) is 6.49. The first kappa shape index (κ1) is 60.3. The molecule has 0 bridgehead atoms. The van der Waals surface area contributed by atoms with Gasteiger partial charge in [-0.1, -0.05) is 118 Å². The van der Waals surface area contributed by atoms with Crippen molar-refractivity contribution in [2.45, 2.75) is 42.8 Å². The summed E-state index contributed by atoms with van der Waals surface area (Å²) in [5, 5.41) is 18.2. The van der Waals surface area contributed by atoms with E-state index in [0.717, 1.165) is 40.5 Å². The van der Waals surface area contributed by atoms with E-state index in [1.165, 1.54) is 69.8 Å². The molecule has 0 unspecified atom stereocenters. The number of imidazole rings is 2. The maximum Gasteiger partial charge on any atom is 0.488 e. The first-order valence-electron chi connectivity index (χ1n) is 20.9. The fraction of sp³-hybridized carbons (Fsp3) is 0.143. The van der Waals surface area contributed by atoms with Crippen LogP contribution in [0.4, 0.5) is 26.3 Å². The zero-order chi connectivity index (χ0) is 54.3. The number of alkyl halides is 6. The zero-order valence-electron chi connectivity index (χ0n) is 38.0. The lowest BCUT2D eigenvalue weighted by molar-refractivity contribution is -0.141. The Balaban J connectivity index is 0.000000228. The van der Waals surface area contributed by atoms with E-state index in [-0.39, 0.29) is 79.0 Å². The van der Waals surface area contributed by atoms with Crippen molar-refractivity contribution in [1.82, 2.24) is 19.1 Å². The van der Waals surface area contributed by atoms with Crippen LogP contribution in [0.2, 0.25) is 20.1 Å². The number of halogens is 11. The van der Waals surface area contributed by atoms with Gasteiger partial charge in [-0.15, -0.1) is 0 Å². The molecule has 2 N–H and O–H groups in total. The van der Waals surface area contributed by atoms with E-state index in [1.54, 1.807) is 72.8 Å². The van der Waals surface area contributed by atoms with Crippen LogP contribution in [0.3, 0.4) is 0 Å². The Bertz CT molecular complexity index is 3420. The Morgan fingerprint density at radius 2 is 0.867 bits per heavy atom. The van der Waals surface area contributed by atoms with Gasteiger partial charge in [-0.25, -0.2) is 26.8 Å². The highest BCUT2D eigenvalue weighted by atomic mass is 79.9. The Morgan fingerprint density at radius 3 is 1.19 bits per heavy atom. The molecule has 0 radical (unpaired) electrons. The molecule has 8 rings (SSSR count). The second-order valence-corrected chi connectivity index (χ2v) is 22.1. The molecule has 0 atom stereocenters. The lowest BCUT2D eigenvalue weighted by Gasteiger charge is -2.12. The van der Waals surface area contributed by atoms with E-state index in [9.17, 15) is 43.2 Å². The third-order valence-electron chi connectivity index (χ3n) is 10.1. The van der Waals surface area contributed by atoms with Crippen molar-refractivity contribution in [2.24, 2.45) is 0 Å². The quantitative estimate of drug-likeness (QED) is 0.0889. The standard InChI is InChI=1S/C24H17Cl2F3N2O3S.C17H10BrCl2F3N2O.C7H9BO4S.CH4/c1-35(32,33)18-11-7-16(8-12-18)15-5-9-17(10-6-15)34-14-22-30-21(24(27,28)29)13-31(22)23-19(25)3-2-4-20(23)26;18-10-4-6-11(7-5-10)26-9-15-24-14(17(21,22)23)8-25(15)16-12(19)2-1-3-13(16)20;1-13(11,12)7-4-2-6(3-5-7)8(9)10;/h2-13H,14H2,1H3;1-8H,9H2;2-5,9-10H,1H3;1H4. The highest BCUT2D eigenvalue weighted by Crippen LogP contribution is 2.36. The van der Waals surface area contributed by atoms with Gasteiger partial charge in [-0.05, 0) is 102 Å². The molecule has 26 heteroatoms. The van der Waals surface area contributed by atoms with Crippen LogP contribution in [0.5, 0.6) is 11.5 Å². The summed E-state index contributed by atoms with van der Waals surface area (Å²) < 4.78 is 139. The largest absolute Gasteiger partial charge is 0.488 e. The summed E-state index contributed by atoms with van der Waals surface area (Å²) in [5.74, 6) is 0.874. The zero-order valence-corrected chi connectivity index (χ0v) is 44.2. The van der Waals surface area contributed by atoms with Gasteiger partial charge in [0, 0.05) is 29.4 Å². The lowest BCUT2D eigenvalue weighted by atomic mass is 9.81. The van der Waals surface area contributed by atoms with Crippen molar-refractivity contribution in [3.8, 4) is 34.0 Å². The number of rotatable bonds is 12. The van der Waals surface area contributed by atoms with Crippen molar-refractivity contribution >= 4 is 94.6 Å². The van der Waals surface area contributed by atoms with Gasteiger partial charge >= 0.3 is 19.5 Å². The third-order valence-corrected chi connectivity index (χ3v) is 14.1. The maximum absolute atomic E-state index is 13.3. The molecule has 0 aliphatic rings. The highest BCUT2D eigenvalue weighted by Gasteiger charge is 2.36. The summed E-state index contributed by atoms with van der Waals surface area (Å²) in [7, 11) is -8.06. The molecule has 2 aromatic heterocycles. The topological polar surface area (TPSA) is 163 Å². The predicted molar refractivity (Wildman–Crippen MR) is 281 cm³/mol. The number of aromatic nitrogens is 4. The smallest absolute Gasteiger partial charge is 0.486 e. The molecule has 12 nitrogen and oxygen atoms in total. The Labute approximate surface area is 456 Å². The van der Waals surface area contributed by atoms with E-state index in [4.69, 9.17) is 65.9 Å². The van der Waals surface area contributed by atoms with E-state index >= 15 is 0 Å². The van der Waals surface area contributed by atoms with Gasteiger partial charge < -0.3 is 19.5 Å². The Hall–Kier alpha value is -5.56.